The number of amides is 1. The fourth-order valence-electron chi connectivity index (χ4n) is 1.50. The highest BCUT2D eigenvalue weighted by Gasteiger charge is 2.10. The van der Waals surface area contributed by atoms with Crippen LogP contribution in [0.15, 0.2) is 42.6 Å². The highest BCUT2D eigenvalue weighted by atomic mass is 35.5. The van der Waals surface area contributed by atoms with Gasteiger partial charge in [-0.05, 0) is 30.7 Å². The molecule has 0 atom stereocenters. The third-order valence-corrected chi connectivity index (χ3v) is 2.70. The number of carbonyl (C=O) groups excluding carboxylic acids is 1. The summed E-state index contributed by atoms with van der Waals surface area (Å²) >= 11 is 5.87. The molecule has 0 unspecified atom stereocenters. The fraction of sp³-hybridized carbons (Fsp3) is 0.0769. The van der Waals surface area contributed by atoms with Crippen LogP contribution in [0.5, 0.6) is 0 Å². The Hall–Kier alpha value is -1.87. The van der Waals surface area contributed by atoms with Crippen molar-refractivity contribution in [1.29, 1.82) is 0 Å². The Morgan fingerprint density at radius 3 is 2.71 bits per heavy atom. The summed E-state index contributed by atoms with van der Waals surface area (Å²) in [6.45, 7) is 1.89. The molecule has 0 aliphatic carbocycles. The topological polar surface area (TPSA) is 42.0 Å². The summed E-state index contributed by atoms with van der Waals surface area (Å²) in [7, 11) is 0. The molecule has 17 heavy (non-hydrogen) atoms. The zero-order chi connectivity index (χ0) is 12.3. The maximum Gasteiger partial charge on any atom is 0.256 e. The quantitative estimate of drug-likeness (QED) is 0.826. The minimum Gasteiger partial charge on any atom is -0.319 e. The number of anilines is 1. The van der Waals surface area contributed by atoms with Gasteiger partial charge in [0.25, 0.3) is 5.91 Å². The molecule has 2 rings (SSSR count). The van der Waals surface area contributed by atoms with E-state index in [0.717, 1.165) is 5.56 Å². The second-order valence-corrected chi connectivity index (χ2v) is 3.97. The van der Waals surface area contributed by atoms with Gasteiger partial charge < -0.3 is 5.32 Å². The van der Waals surface area contributed by atoms with Crippen molar-refractivity contribution in [3.63, 3.8) is 0 Å². The minimum absolute atomic E-state index is 0.182. The smallest absolute Gasteiger partial charge is 0.256 e. The lowest BCUT2D eigenvalue weighted by Gasteiger charge is -2.08. The number of carbonyl (C=O) groups is 1. The molecular weight excluding hydrogens is 236 g/mol. The van der Waals surface area contributed by atoms with Crippen LogP contribution in [0.25, 0.3) is 0 Å². The molecule has 0 spiro atoms. The van der Waals surface area contributed by atoms with E-state index in [1.807, 2.05) is 25.1 Å². The molecule has 4 heteroatoms. The van der Waals surface area contributed by atoms with Gasteiger partial charge in [-0.2, -0.15) is 0 Å². The van der Waals surface area contributed by atoms with Crippen LogP contribution < -0.4 is 5.32 Å². The van der Waals surface area contributed by atoms with Crippen molar-refractivity contribution in [2.75, 3.05) is 5.32 Å². The number of aryl methyl sites for hydroxylation is 1. The Kier molecular flexibility index (Phi) is 3.40. The minimum atomic E-state index is -0.182. The average molecular weight is 247 g/mol. The van der Waals surface area contributed by atoms with E-state index in [1.54, 1.807) is 24.4 Å². The number of hydrogen-bond donors (Lipinski definition) is 1. The van der Waals surface area contributed by atoms with Gasteiger partial charge in [-0.25, -0.2) is 4.98 Å². The lowest BCUT2D eigenvalue weighted by Crippen LogP contribution is -2.13. The van der Waals surface area contributed by atoms with Crippen molar-refractivity contribution >= 4 is 23.2 Å². The zero-order valence-electron chi connectivity index (χ0n) is 9.27. The Morgan fingerprint density at radius 2 is 2.00 bits per heavy atom. The van der Waals surface area contributed by atoms with E-state index in [-0.39, 0.29) is 11.1 Å². The van der Waals surface area contributed by atoms with Crippen molar-refractivity contribution in [2.45, 2.75) is 6.92 Å². The molecule has 0 saturated heterocycles. The summed E-state index contributed by atoms with van der Waals surface area (Å²) < 4.78 is 0. The van der Waals surface area contributed by atoms with E-state index in [4.69, 9.17) is 11.6 Å². The molecule has 1 aromatic carbocycles. The van der Waals surface area contributed by atoms with Gasteiger partial charge in [0.1, 0.15) is 0 Å². The first-order valence-corrected chi connectivity index (χ1v) is 5.54. The maximum atomic E-state index is 12.0. The number of pyridine rings is 1. The third kappa shape index (κ3) is 2.63. The van der Waals surface area contributed by atoms with Crippen LogP contribution in [0, 0.1) is 6.92 Å². The van der Waals surface area contributed by atoms with Crippen LogP contribution in [-0.4, -0.2) is 10.9 Å². The van der Waals surface area contributed by atoms with Gasteiger partial charge >= 0.3 is 0 Å². The molecule has 1 aromatic heterocycles. The Balaban J connectivity index is 2.24. The number of halogens is 1. The Labute approximate surface area is 104 Å². The van der Waals surface area contributed by atoms with Crippen molar-refractivity contribution in [3.8, 4) is 0 Å². The van der Waals surface area contributed by atoms with Crippen LogP contribution in [0.2, 0.25) is 5.15 Å². The summed E-state index contributed by atoms with van der Waals surface area (Å²) in [4.78, 5) is 15.9. The third-order valence-electron chi connectivity index (χ3n) is 2.40. The summed E-state index contributed by atoms with van der Waals surface area (Å²) in [5.41, 5.74) is 2.07. The molecule has 0 bridgehead atoms. The molecule has 0 fully saturated rings. The molecule has 3 nitrogen and oxygen atoms in total. The second kappa shape index (κ2) is 4.97. The highest BCUT2D eigenvalue weighted by molar-refractivity contribution is 6.32. The van der Waals surface area contributed by atoms with Crippen molar-refractivity contribution in [2.24, 2.45) is 0 Å². The molecule has 1 heterocycles. The van der Waals surface area contributed by atoms with E-state index < -0.39 is 0 Å². The summed E-state index contributed by atoms with van der Waals surface area (Å²) in [6, 6.07) is 10.8. The first-order chi connectivity index (χ1) is 8.18. The lowest BCUT2D eigenvalue weighted by molar-refractivity contribution is 0.102. The predicted molar refractivity (Wildman–Crippen MR) is 68.4 cm³/mol. The zero-order valence-corrected chi connectivity index (χ0v) is 10.0. The molecule has 1 amide bonds. The van der Waals surface area contributed by atoms with Crippen LogP contribution in [0.1, 0.15) is 15.9 Å². The van der Waals surface area contributed by atoms with Gasteiger partial charge in [-0.15, -0.1) is 0 Å². The highest BCUT2D eigenvalue weighted by Crippen LogP contribution is 2.19. The van der Waals surface area contributed by atoms with Gasteiger partial charge in [-0.3, -0.25) is 4.79 Å². The monoisotopic (exact) mass is 246 g/mol. The van der Waals surface area contributed by atoms with Gasteiger partial charge in [0.15, 0.2) is 5.15 Å². The summed E-state index contributed by atoms with van der Waals surface area (Å²) in [5.74, 6) is -0.182. The van der Waals surface area contributed by atoms with E-state index in [2.05, 4.69) is 10.3 Å². The standard InChI is InChI=1S/C13H11ClN2O/c1-9-5-2-3-6-10(9)13(17)16-11-7-4-8-15-12(11)14/h2-8H,1H3,(H,16,17). The van der Waals surface area contributed by atoms with Crippen molar-refractivity contribution < 1.29 is 4.79 Å². The van der Waals surface area contributed by atoms with Gasteiger partial charge in [0.2, 0.25) is 0 Å². The average Bonchev–Trinajstić information content (AvgIpc) is 2.32. The van der Waals surface area contributed by atoms with Gasteiger partial charge in [-0.1, -0.05) is 29.8 Å². The lowest BCUT2D eigenvalue weighted by atomic mass is 10.1. The maximum absolute atomic E-state index is 12.0. The van der Waals surface area contributed by atoms with Crippen LogP contribution in [-0.2, 0) is 0 Å². The fourth-order valence-corrected chi connectivity index (χ4v) is 1.66. The number of hydrogen-bond acceptors (Lipinski definition) is 2. The van der Waals surface area contributed by atoms with Crippen molar-refractivity contribution in [3.05, 3.63) is 58.9 Å². The predicted octanol–water partition coefficient (Wildman–Crippen LogP) is 3.30. The van der Waals surface area contributed by atoms with E-state index in [9.17, 15) is 4.79 Å². The number of nitrogens with one attached hydrogen (secondary N) is 1. The first kappa shape index (κ1) is 11.6. The van der Waals surface area contributed by atoms with Crippen LogP contribution >= 0.6 is 11.6 Å². The molecule has 0 radical (unpaired) electrons. The Bertz CT molecular complexity index is 555. The normalized spacial score (nSPS) is 10.0. The number of aromatic nitrogens is 1. The summed E-state index contributed by atoms with van der Waals surface area (Å²) in [5, 5.41) is 3.02. The van der Waals surface area contributed by atoms with Crippen LogP contribution in [0.4, 0.5) is 5.69 Å². The van der Waals surface area contributed by atoms with Gasteiger partial charge in [0.05, 0.1) is 5.69 Å². The largest absolute Gasteiger partial charge is 0.319 e. The molecule has 0 saturated carbocycles. The first-order valence-electron chi connectivity index (χ1n) is 5.16. The molecule has 0 aliphatic heterocycles. The molecular formula is C13H11ClN2O. The Morgan fingerprint density at radius 1 is 1.24 bits per heavy atom. The second-order valence-electron chi connectivity index (χ2n) is 3.61. The van der Waals surface area contributed by atoms with E-state index in [0.29, 0.717) is 11.3 Å². The number of rotatable bonds is 2. The number of nitrogens with zero attached hydrogens (tertiary/aromatic N) is 1. The molecule has 86 valence electrons. The van der Waals surface area contributed by atoms with E-state index >= 15 is 0 Å². The van der Waals surface area contributed by atoms with Gasteiger partial charge in [0, 0.05) is 11.8 Å². The SMILES string of the molecule is Cc1ccccc1C(=O)Nc1cccnc1Cl. The molecule has 2 aromatic rings. The number of benzene rings is 1. The van der Waals surface area contributed by atoms with E-state index in [1.165, 1.54) is 0 Å². The van der Waals surface area contributed by atoms with Crippen LogP contribution in [0.3, 0.4) is 0 Å². The molecule has 1 N–H and O–H groups in total. The van der Waals surface area contributed by atoms with Crippen molar-refractivity contribution in [1.82, 2.24) is 4.98 Å². The summed E-state index contributed by atoms with van der Waals surface area (Å²) in [6.07, 6.45) is 1.58. The molecule has 0 aliphatic rings.